The molecule has 1 aromatic rings. The van der Waals surface area contributed by atoms with Crippen LogP contribution in [0.25, 0.3) is 6.08 Å². The van der Waals surface area contributed by atoms with Gasteiger partial charge in [-0.2, -0.15) is 8.78 Å². The van der Waals surface area contributed by atoms with Gasteiger partial charge in [0.2, 0.25) is 5.70 Å². The van der Waals surface area contributed by atoms with Crippen LogP contribution in [0.3, 0.4) is 0 Å². The van der Waals surface area contributed by atoms with E-state index in [1.807, 2.05) is 0 Å². The number of rotatable bonds is 5. The molecule has 0 aliphatic rings. The van der Waals surface area contributed by atoms with Gasteiger partial charge in [-0.25, -0.2) is 0 Å². The molecule has 0 unspecified atom stereocenters. The second-order valence-electron chi connectivity index (χ2n) is 3.33. The molecule has 0 heterocycles. The van der Waals surface area contributed by atoms with Gasteiger partial charge < -0.3 is 9.47 Å². The van der Waals surface area contributed by atoms with Crippen molar-refractivity contribution in [2.75, 3.05) is 7.11 Å². The van der Waals surface area contributed by atoms with E-state index in [9.17, 15) is 18.9 Å². The summed E-state index contributed by atoms with van der Waals surface area (Å²) in [5.74, 6) is -0.0383. The van der Waals surface area contributed by atoms with E-state index in [1.54, 1.807) is 0 Å². The van der Waals surface area contributed by atoms with E-state index in [4.69, 9.17) is 4.74 Å². The Morgan fingerprint density at radius 3 is 2.61 bits per heavy atom. The average Bonchev–Trinajstić information content (AvgIpc) is 2.28. The van der Waals surface area contributed by atoms with Crippen molar-refractivity contribution in [1.82, 2.24) is 0 Å². The quantitative estimate of drug-likeness (QED) is 0.602. The highest BCUT2D eigenvalue weighted by molar-refractivity contribution is 5.56. The highest BCUT2D eigenvalue weighted by Gasteiger charge is 2.11. The van der Waals surface area contributed by atoms with Gasteiger partial charge in [0.1, 0.15) is 0 Å². The van der Waals surface area contributed by atoms with E-state index in [0.29, 0.717) is 5.56 Å². The number of methoxy groups -OCH3 is 1. The number of nitrogens with zero attached hydrogens (tertiary/aromatic N) is 1. The number of nitro groups is 1. The largest absolute Gasteiger partial charge is 0.493 e. The van der Waals surface area contributed by atoms with Gasteiger partial charge in [0.25, 0.3) is 0 Å². The standard InChI is InChI=1S/C11H11F2NO4/c1-7(14(15)16)5-8-3-4-9(17-2)10(6-8)18-11(12)13/h3-6,11H,1-2H3. The van der Waals surface area contributed by atoms with Crippen molar-refractivity contribution in [3.8, 4) is 11.5 Å². The smallest absolute Gasteiger partial charge is 0.387 e. The van der Waals surface area contributed by atoms with Gasteiger partial charge in [-0.15, -0.1) is 0 Å². The van der Waals surface area contributed by atoms with Crippen LogP contribution in [0.15, 0.2) is 23.9 Å². The fourth-order valence-corrected chi connectivity index (χ4v) is 1.27. The second-order valence-corrected chi connectivity index (χ2v) is 3.33. The van der Waals surface area contributed by atoms with Crippen LogP contribution in [0.2, 0.25) is 0 Å². The van der Waals surface area contributed by atoms with Crippen LogP contribution in [0.1, 0.15) is 12.5 Å². The van der Waals surface area contributed by atoms with Crippen molar-refractivity contribution in [2.45, 2.75) is 13.5 Å². The van der Waals surface area contributed by atoms with Crippen LogP contribution in [0.4, 0.5) is 8.78 Å². The summed E-state index contributed by atoms with van der Waals surface area (Å²) < 4.78 is 33.4. The van der Waals surface area contributed by atoms with E-state index >= 15 is 0 Å². The zero-order chi connectivity index (χ0) is 13.7. The SMILES string of the molecule is COc1ccc(C=C(C)[N+](=O)[O-])cc1OC(F)F. The molecule has 0 aromatic heterocycles. The molecule has 5 nitrogen and oxygen atoms in total. The summed E-state index contributed by atoms with van der Waals surface area (Å²) in [5.41, 5.74) is 0.267. The maximum atomic E-state index is 12.2. The molecule has 0 fully saturated rings. The van der Waals surface area contributed by atoms with E-state index in [1.165, 1.54) is 38.3 Å². The molecule has 1 aromatic carbocycles. The van der Waals surface area contributed by atoms with Gasteiger partial charge in [-0.1, -0.05) is 6.07 Å². The third-order valence-corrected chi connectivity index (χ3v) is 2.07. The fourth-order valence-electron chi connectivity index (χ4n) is 1.27. The third kappa shape index (κ3) is 3.69. The molecule has 0 radical (unpaired) electrons. The molecular weight excluding hydrogens is 248 g/mol. The average molecular weight is 259 g/mol. The van der Waals surface area contributed by atoms with Crippen molar-refractivity contribution in [3.63, 3.8) is 0 Å². The van der Waals surface area contributed by atoms with Crippen molar-refractivity contribution >= 4 is 6.08 Å². The van der Waals surface area contributed by atoms with Crippen LogP contribution in [0, 0.1) is 10.1 Å². The number of hydrogen-bond donors (Lipinski definition) is 0. The molecule has 7 heteroatoms. The van der Waals surface area contributed by atoms with E-state index in [0.717, 1.165) is 0 Å². The number of ether oxygens (including phenoxy) is 2. The van der Waals surface area contributed by atoms with Gasteiger partial charge in [0, 0.05) is 13.0 Å². The van der Waals surface area contributed by atoms with Crippen LogP contribution >= 0.6 is 0 Å². The summed E-state index contributed by atoms with van der Waals surface area (Å²) in [6.45, 7) is -1.69. The van der Waals surface area contributed by atoms with Crippen molar-refractivity contribution in [3.05, 3.63) is 39.6 Å². The molecule has 0 spiro atoms. The number of alkyl halides is 2. The zero-order valence-electron chi connectivity index (χ0n) is 9.72. The lowest BCUT2D eigenvalue weighted by atomic mass is 10.2. The van der Waals surface area contributed by atoms with Crippen molar-refractivity contribution < 1.29 is 23.2 Å². The Morgan fingerprint density at radius 1 is 1.44 bits per heavy atom. The summed E-state index contributed by atoms with van der Waals surface area (Å²) in [7, 11) is 1.31. The lowest BCUT2D eigenvalue weighted by Gasteiger charge is -2.10. The minimum Gasteiger partial charge on any atom is -0.493 e. The molecule has 0 atom stereocenters. The lowest BCUT2D eigenvalue weighted by Crippen LogP contribution is -2.03. The van der Waals surface area contributed by atoms with Gasteiger partial charge in [0.15, 0.2) is 11.5 Å². The number of allylic oxidation sites excluding steroid dienone is 1. The van der Waals surface area contributed by atoms with Crippen LogP contribution in [-0.4, -0.2) is 18.6 Å². The molecule has 0 saturated carbocycles. The van der Waals surface area contributed by atoms with Crippen LogP contribution < -0.4 is 9.47 Å². The normalized spacial score (nSPS) is 11.5. The third-order valence-electron chi connectivity index (χ3n) is 2.07. The Balaban J connectivity index is 3.10. The summed E-state index contributed by atoms with van der Waals surface area (Å²) in [4.78, 5) is 9.88. The van der Waals surface area contributed by atoms with E-state index in [2.05, 4.69) is 4.74 Å². The zero-order valence-corrected chi connectivity index (χ0v) is 9.72. The first-order valence-corrected chi connectivity index (χ1v) is 4.89. The van der Waals surface area contributed by atoms with E-state index in [-0.39, 0.29) is 17.2 Å². The second kappa shape index (κ2) is 5.95. The lowest BCUT2D eigenvalue weighted by molar-refractivity contribution is -0.422. The predicted octanol–water partition coefficient (Wildman–Crippen LogP) is 2.93. The Kier molecular flexibility index (Phi) is 4.59. The first-order chi connectivity index (χ1) is 8.43. The highest BCUT2D eigenvalue weighted by Crippen LogP contribution is 2.30. The number of halogens is 2. The number of hydrogen-bond acceptors (Lipinski definition) is 4. The highest BCUT2D eigenvalue weighted by atomic mass is 19.3. The Morgan fingerprint density at radius 2 is 2.11 bits per heavy atom. The van der Waals surface area contributed by atoms with Gasteiger partial charge in [-0.05, 0) is 17.7 Å². The fraction of sp³-hybridized carbons (Fsp3) is 0.273. The molecule has 0 N–H and O–H groups in total. The minimum atomic E-state index is -2.99. The van der Waals surface area contributed by atoms with Gasteiger partial charge in [0.05, 0.1) is 12.0 Å². The number of benzene rings is 1. The molecule has 0 bridgehead atoms. The monoisotopic (exact) mass is 259 g/mol. The Bertz CT molecular complexity index is 474. The molecule has 1 rings (SSSR count). The molecule has 0 aliphatic heterocycles. The molecule has 0 saturated heterocycles. The summed E-state index contributed by atoms with van der Waals surface area (Å²) in [6, 6.07) is 4.15. The first-order valence-electron chi connectivity index (χ1n) is 4.89. The van der Waals surface area contributed by atoms with E-state index < -0.39 is 11.5 Å². The van der Waals surface area contributed by atoms with Crippen LogP contribution in [-0.2, 0) is 0 Å². The molecule has 0 amide bonds. The van der Waals surface area contributed by atoms with Crippen molar-refractivity contribution in [2.24, 2.45) is 0 Å². The minimum absolute atomic E-state index is 0.108. The summed E-state index contributed by atoms with van der Waals surface area (Å²) in [6.07, 6.45) is 1.25. The molecule has 18 heavy (non-hydrogen) atoms. The maximum absolute atomic E-state index is 12.2. The van der Waals surface area contributed by atoms with Crippen molar-refractivity contribution in [1.29, 1.82) is 0 Å². The molecular formula is C11H11F2NO4. The molecule has 98 valence electrons. The van der Waals surface area contributed by atoms with Gasteiger partial charge >= 0.3 is 6.61 Å². The molecule has 0 aliphatic carbocycles. The Labute approximate surface area is 102 Å². The maximum Gasteiger partial charge on any atom is 0.387 e. The van der Waals surface area contributed by atoms with Gasteiger partial charge in [-0.3, -0.25) is 10.1 Å². The summed E-state index contributed by atoms with van der Waals surface area (Å²) >= 11 is 0. The summed E-state index contributed by atoms with van der Waals surface area (Å²) in [5, 5.41) is 10.5. The first kappa shape index (κ1) is 13.9. The Hall–Kier alpha value is -2.18. The topological polar surface area (TPSA) is 61.6 Å². The van der Waals surface area contributed by atoms with Crippen LogP contribution in [0.5, 0.6) is 11.5 Å². The predicted molar refractivity (Wildman–Crippen MR) is 60.3 cm³/mol.